The number of carbonyl (C=O) groups excluding carboxylic acids is 3. The van der Waals surface area contributed by atoms with Gasteiger partial charge in [0, 0.05) is 42.3 Å². The highest BCUT2D eigenvalue weighted by Crippen LogP contribution is 2.34. The molecule has 0 bridgehead atoms. The van der Waals surface area contributed by atoms with Crippen molar-refractivity contribution in [3.8, 4) is 5.69 Å². The monoisotopic (exact) mass is 468 g/mol. The molecular weight excluding hydrogens is 444 g/mol. The van der Waals surface area contributed by atoms with Crippen molar-refractivity contribution in [1.29, 1.82) is 0 Å². The van der Waals surface area contributed by atoms with Crippen LogP contribution in [0.1, 0.15) is 36.2 Å². The van der Waals surface area contributed by atoms with Crippen LogP contribution >= 0.6 is 11.8 Å². The van der Waals surface area contributed by atoms with E-state index < -0.39 is 16.1 Å². The quantitative estimate of drug-likeness (QED) is 0.372. The van der Waals surface area contributed by atoms with E-state index in [1.54, 1.807) is 23.1 Å². The second-order valence-electron chi connectivity index (χ2n) is 8.14. The molecule has 0 radical (unpaired) electrons. The van der Waals surface area contributed by atoms with E-state index in [0.29, 0.717) is 13.1 Å². The Balaban J connectivity index is 1.55. The summed E-state index contributed by atoms with van der Waals surface area (Å²) >= 11 is 0.834. The SMILES string of the molecule is Cc1cc(/C=C2/SC(=O)N(CC(=O)N3CCCCC3)C2=O)c(C)n1-c1ccc([N+](=O)[O-])cc1. The average Bonchev–Trinajstić information content (AvgIpc) is 3.23. The van der Waals surface area contributed by atoms with Crippen molar-refractivity contribution in [2.75, 3.05) is 19.6 Å². The van der Waals surface area contributed by atoms with Gasteiger partial charge in [-0.15, -0.1) is 0 Å². The van der Waals surface area contributed by atoms with Crippen molar-refractivity contribution in [2.45, 2.75) is 33.1 Å². The van der Waals surface area contributed by atoms with E-state index in [-0.39, 0.29) is 23.0 Å². The van der Waals surface area contributed by atoms with Crippen molar-refractivity contribution in [3.05, 3.63) is 62.3 Å². The second kappa shape index (κ2) is 9.22. The lowest BCUT2D eigenvalue weighted by atomic mass is 10.1. The Morgan fingerprint density at radius 3 is 2.42 bits per heavy atom. The van der Waals surface area contributed by atoms with Crippen molar-refractivity contribution >= 4 is 40.6 Å². The highest BCUT2D eigenvalue weighted by molar-refractivity contribution is 8.18. The number of hydrogen-bond donors (Lipinski definition) is 0. The molecule has 2 aromatic rings. The van der Waals surface area contributed by atoms with Crippen LogP contribution in [0, 0.1) is 24.0 Å². The lowest BCUT2D eigenvalue weighted by molar-refractivity contribution is -0.384. The summed E-state index contributed by atoms with van der Waals surface area (Å²) in [6.45, 7) is 4.88. The first-order valence-electron chi connectivity index (χ1n) is 10.7. The summed E-state index contributed by atoms with van der Waals surface area (Å²) in [4.78, 5) is 51.4. The molecule has 3 amide bonds. The number of carbonyl (C=O) groups is 3. The Morgan fingerprint density at radius 2 is 1.79 bits per heavy atom. The number of piperidine rings is 1. The fraction of sp³-hybridized carbons (Fsp3) is 0.348. The van der Waals surface area contributed by atoms with Gasteiger partial charge < -0.3 is 9.47 Å². The smallest absolute Gasteiger partial charge is 0.294 e. The molecule has 0 aliphatic carbocycles. The number of amides is 3. The number of likely N-dealkylation sites (tertiary alicyclic amines) is 1. The summed E-state index contributed by atoms with van der Waals surface area (Å²) in [5.41, 5.74) is 3.24. The summed E-state index contributed by atoms with van der Waals surface area (Å²) < 4.78 is 1.93. The third-order valence-electron chi connectivity index (χ3n) is 5.95. The van der Waals surface area contributed by atoms with Crippen LogP contribution in [-0.4, -0.2) is 56.0 Å². The van der Waals surface area contributed by atoms with Crippen LogP contribution in [-0.2, 0) is 9.59 Å². The summed E-state index contributed by atoms with van der Waals surface area (Å²) in [7, 11) is 0. The molecule has 0 saturated carbocycles. The molecule has 10 heteroatoms. The maximum atomic E-state index is 12.9. The Kier molecular flexibility index (Phi) is 6.37. The van der Waals surface area contributed by atoms with Crippen LogP contribution in [0.5, 0.6) is 0 Å². The predicted molar refractivity (Wildman–Crippen MR) is 125 cm³/mol. The number of nitrogens with zero attached hydrogens (tertiary/aromatic N) is 4. The van der Waals surface area contributed by atoms with Gasteiger partial charge in [-0.1, -0.05) is 0 Å². The molecule has 4 rings (SSSR count). The Hall–Kier alpha value is -3.40. The van der Waals surface area contributed by atoms with Crippen LogP contribution < -0.4 is 0 Å². The summed E-state index contributed by atoms with van der Waals surface area (Å²) in [6.07, 6.45) is 4.64. The van der Waals surface area contributed by atoms with E-state index in [1.807, 2.05) is 24.5 Å². The van der Waals surface area contributed by atoms with Crippen LogP contribution in [0.3, 0.4) is 0 Å². The summed E-state index contributed by atoms with van der Waals surface area (Å²) in [5, 5.41) is 10.5. The van der Waals surface area contributed by atoms with Crippen molar-refractivity contribution in [2.24, 2.45) is 0 Å². The molecule has 9 nitrogen and oxygen atoms in total. The number of aryl methyl sites for hydroxylation is 1. The van der Waals surface area contributed by atoms with Gasteiger partial charge in [0.25, 0.3) is 16.8 Å². The number of nitro groups is 1. The standard InChI is InChI=1S/C23H24N4O5S/c1-15-12-17(16(2)26(15)18-6-8-19(9-7-18)27(31)32)13-20-22(29)25(23(30)33-20)14-21(28)24-10-4-3-5-11-24/h6-9,12-13H,3-5,10-11,14H2,1-2H3/b20-13+. The third kappa shape index (κ3) is 4.56. The first-order chi connectivity index (χ1) is 15.8. The summed E-state index contributed by atoms with van der Waals surface area (Å²) in [6, 6.07) is 8.12. The van der Waals surface area contributed by atoms with Crippen LogP contribution in [0.4, 0.5) is 10.5 Å². The van der Waals surface area contributed by atoms with Gasteiger partial charge in [0.1, 0.15) is 6.54 Å². The zero-order chi connectivity index (χ0) is 23.7. The third-order valence-corrected chi connectivity index (χ3v) is 6.86. The molecule has 0 N–H and O–H groups in total. The fourth-order valence-corrected chi connectivity index (χ4v) is 5.04. The minimum Gasteiger partial charge on any atom is -0.341 e. The maximum absolute atomic E-state index is 12.9. The Morgan fingerprint density at radius 1 is 1.12 bits per heavy atom. The Bertz CT molecular complexity index is 1160. The van der Waals surface area contributed by atoms with Gasteiger partial charge in [-0.05, 0) is 74.7 Å². The fourth-order valence-electron chi connectivity index (χ4n) is 4.21. The number of aromatic nitrogens is 1. The molecule has 2 saturated heterocycles. The Labute approximate surface area is 195 Å². The van der Waals surface area contributed by atoms with Crippen LogP contribution in [0.15, 0.2) is 35.2 Å². The molecule has 0 atom stereocenters. The molecule has 0 spiro atoms. The largest absolute Gasteiger partial charge is 0.341 e. The molecule has 2 fully saturated rings. The molecule has 33 heavy (non-hydrogen) atoms. The van der Waals surface area contributed by atoms with Gasteiger partial charge in [-0.3, -0.25) is 29.4 Å². The molecule has 3 heterocycles. The van der Waals surface area contributed by atoms with Crippen molar-refractivity contribution in [3.63, 3.8) is 0 Å². The first-order valence-corrected chi connectivity index (χ1v) is 11.5. The van der Waals surface area contributed by atoms with Gasteiger partial charge in [0.05, 0.1) is 9.83 Å². The predicted octanol–water partition coefficient (Wildman–Crippen LogP) is 4.05. The zero-order valence-electron chi connectivity index (χ0n) is 18.4. The minimum absolute atomic E-state index is 0.00853. The van der Waals surface area contributed by atoms with Gasteiger partial charge in [-0.25, -0.2) is 0 Å². The van der Waals surface area contributed by atoms with E-state index in [4.69, 9.17) is 0 Å². The van der Waals surface area contributed by atoms with Crippen molar-refractivity contribution < 1.29 is 19.3 Å². The molecule has 172 valence electrons. The molecule has 2 aliphatic heterocycles. The zero-order valence-corrected chi connectivity index (χ0v) is 19.3. The number of rotatable bonds is 5. The van der Waals surface area contributed by atoms with E-state index in [2.05, 4.69) is 0 Å². The lowest BCUT2D eigenvalue weighted by Crippen LogP contribution is -2.44. The topological polar surface area (TPSA) is 106 Å². The van der Waals surface area contributed by atoms with E-state index in [1.165, 1.54) is 12.1 Å². The molecule has 0 unspecified atom stereocenters. The number of benzene rings is 1. The number of hydrogen-bond acceptors (Lipinski definition) is 6. The molecule has 1 aromatic carbocycles. The number of non-ortho nitro benzene ring substituents is 1. The number of nitro benzene ring substituents is 1. The molecular formula is C23H24N4O5S. The number of thioether (sulfide) groups is 1. The minimum atomic E-state index is -0.463. The lowest BCUT2D eigenvalue weighted by Gasteiger charge is -2.27. The first kappa shape index (κ1) is 22.8. The average molecular weight is 469 g/mol. The van der Waals surface area contributed by atoms with Crippen LogP contribution in [0.25, 0.3) is 11.8 Å². The van der Waals surface area contributed by atoms with Gasteiger partial charge >= 0.3 is 0 Å². The number of imide groups is 1. The van der Waals surface area contributed by atoms with Gasteiger partial charge in [0.15, 0.2) is 0 Å². The van der Waals surface area contributed by atoms with Gasteiger partial charge in [-0.2, -0.15) is 0 Å². The van der Waals surface area contributed by atoms with E-state index >= 15 is 0 Å². The van der Waals surface area contributed by atoms with Crippen LogP contribution in [0.2, 0.25) is 0 Å². The van der Waals surface area contributed by atoms with E-state index in [9.17, 15) is 24.5 Å². The highest BCUT2D eigenvalue weighted by Gasteiger charge is 2.37. The van der Waals surface area contributed by atoms with Gasteiger partial charge in [0.2, 0.25) is 5.91 Å². The second-order valence-corrected chi connectivity index (χ2v) is 9.14. The summed E-state index contributed by atoms with van der Waals surface area (Å²) in [5.74, 6) is -0.662. The molecule has 2 aliphatic rings. The molecule has 1 aromatic heterocycles. The van der Waals surface area contributed by atoms with E-state index in [0.717, 1.165) is 58.6 Å². The van der Waals surface area contributed by atoms with Crippen molar-refractivity contribution in [1.82, 2.24) is 14.4 Å². The highest BCUT2D eigenvalue weighted by atomic mass is 32.2. The normalized spacial score (nSPS) is 17.8. The maximum Gasteiger partial charge on any atom is 0.294 e.